The van der Waals surface area contributed by atoms with E-state index in [1.165, 1.54) is 24.1 Å². The number of nitrogens with zero attached hydrogens (tertiary/aromatic N) is 4. The molecule has 2 aromatic heterocycles. The van der Waals surface area contributed by atoms with Gasteiger partial charge in [-0.2, -0.15) is 18.2 Å². The third-order valence-electron chi connectivity index (χ3n) is 4.89. The van der Waals surface area contributed by atoms with Crippen molar-refractivity contribution in [1.29, 1.82) is 0 Å². The summed E-state index contributed by atoms with van der Waals surface area (Å²) in [4.78, 5) is 22.7. The number of hydrogen-bond donors (Lipinski definition) is 0. The van der Waals surface area contributed by atoms with Crippen molar-refractivity contribution in [2.24, 2.45) is 0 Å². The van der Waals surface area contributed by atoms with Gasteiger partial charge in [0.25, 0.3) is 0 Å². The fourth-order valence-electron chi connectivity index (χ4n) is 3.54. The zero-order chi connectivity index (χ0) is 23.2. The molecule has 4 rings (SSSR count). The second kappa shape index (κ2) is 8.15. The van der Waals surface area contributed by atoms with E-state index in [1.807, 2.05) is 0 Å². The molecule has 0 unspecified atom stereocenters. The average Bonchev–Trinajstić information content (AvgIpc) is 2.71. The SMILES string of the molecule is COc1ccc2c3c(cnc2n1)N(CC(F)(F)F)C(=O)CN3Cc1c(F)cc(Br)cc1F. The second-order valence-corrected chi connectivity index (χ2v) is 7.93. The molecule has 0 aliphatic carbocycles. The standard InChI is InChI=1S/C20H14BrF5N4O2/c1-32-16-3-2-11-18-15(6-27-19(11)28-16)30(9-20(24,25)26)17(31)8-29(18)7-12-13(22)4-10(21)5-14(12)23/h2-6H,7-9H2,1H3. The minimum atomic E-state index is -4.66. The third-order valence-corrected chi connectivity index (χ3v) is 5.35. The van der Waals surface area contributed by atoms with E-state index in [2.05, 4.69) is 25.9 Å². The summed E-state index contributed by atoms with van der Waals surface area (Å²) in [6, 6.07) is 5.14. The van der Waals surface area contributed by atoms with E-state index >= 15 is 0 Å². The first-order chi connectivity index (χ1) is 15.1. The highest BCUT2D eigenvalue weighted by molar-refractivity contribution is 9.10. The highest BCUT2D eigenvalue weighted by atomic mass is 79.9. The Labute approximate surface area is 186 Å². The van der Waals surface area contributed by atoms with Crippen LogP contribution in [0.5, 0.6) is 5.88 Å². The summed E-state index contributed by atoms with van der Waals surface area (Å²) in [5, 5.41) is 0.306. The van der Waals surface area contributed by atoms with Crippen LogP contribution in [0, 0.1) is 11.6 Å². The second-order valence-electron chi connectivity index (χ2n) is 7.02. The van der Waals surface area contributed by atoms with Crippen molar-refractivity contribution in [3.8, 4) is 5.88 Å². The molecule has 0 radical (unpaired) electrons. The number of anilines is 2. The maximum Gasteiger partial charge on any atom is 0.406 e. The summed E-state index contributed by atoms with van der Waals surface area (Å²) in [6.45, 7) is -2.44. The van der Waals surface area contributed by atoms with Crippen molar-refractivity contribution in [3.63, 3.8) is 0 Å². The predicted molar refractivity (Wildman–Crippen MR) is 110 cm³/mol. The topological polar surface area (TPSA) is 58.6 Å². The molecule has 1 aliphatic rings. The molecule has 1 amide bonds. The number of benzene rings is 1. The Bertz CT molecular complexity index is 1200. The van der Waals surface area contributed by atoms with E-state index in [0.29, 0.717) is 10.3 Å². The van der Waals surface area contributed by atoms with Gasteiger partial charge in [-0.15, -0.1) is 0 Å². The molecule has 0 N–H and O–H groups in total. The van der Waals surface area contributed by atoms with Gasteiger partial charge in [0.05, 0.1) is 31.2 Å². The average molecular weight is 517 g/mol. The number of carbonyl (C=O) groups excluding carboxylic acids is 1. The number of alkyl halides is 3. The van der Waals surface area contributed by atoms with Crippen LogP contribution < -0.4 is 14.5 Å². The quantitative estimate of drug-likeness (QED) is 0.474. The van der Waals surface area contributed by atoms with Crippen LogP contribution in [0.25, 0.3) is 11.0 Å². The van der Waals surface area contributed by atoms with Crippen molar-refractivity contribution in [2.75, 3.05) is 30.0 Å². The van der Waals surface area contributed by atoms with Gasteiger partial charge < -0.3 is 9.64 Å². The molecule has 3 aromatic rings. The van der Waals surface area contributed by atoms with Crippen molar-refractivity contribution in [1.82, 2.24) is 9.97 Å². The van der Waals surface area contributed by atoms with Crippen molar-refractivity contribution in [3.05, 3.63) is 52.1 Å². The summed E-state index contributed by atoms with van der Waals surface area (Å²) >= 11 is 3.00. The summed E-state index contributed by atoms with van der Waals surface area (Å²) in [5.41, 5.74) is -0.152. The van der Waals surface area contributed by atoms with E-state index < -0.39 is 43.4 Å². The first-order valence-corrected chi connectivity index (χ1v) is 9.96. The van der Waals surface area contributed by atoms with Crippen LogP contribution >= 0.6 is 15.9 Å². The van der Waals surface area contributed by atoms with Gasteiger partial charge in [-0.3, -0.25) is 9.69 Å². The summed E-state index contributed by atoms with van der Waals surface area (Å²) in [6.07, 6.45) is -3.57. The van der Waals surface area contributed by atoms with Gasteiger partial charge in [-0.25, -0.2) is 13.8 Å². The zero-order valence-corrected chi connectivity index (χ0v) is 18.0. The van der Waals surface area contributed by atoms with Crippen LogP contribution in [-0.2, 0) is 11.3 Å². The molecule has 1 aromatic carbocycles. The van der Waals surface area contributed by atoms with Crippen molar-refractivity contribution < 1.29 is 31.5 Å². The summed E-state index contributed by atoms with van der Waals surface area (Å²) in [7, 11) is 1.39. The number of hydrogen-bond acceptors (Lipinski definition) is 5. The number of pyridine rings is 2. The lowest BCUT2D eigenvalue weighted by molar-refractivity contribution is -0.132. The van der Waals surface area contributed by atoms with Gasteiger partial charge in [0.2, 0.25) is 11.8 Å². The molecule has 32 heavy (non-hydrogen) atoms. The maximum absolute atomic E-state index is 14.5. The molecule has 0 saturated heterocycles. The molecule has 168 valence electrons. The highest BCUT2D eigenvalue weighted by Crippen LogP contribution is 2.41. The summed E-state index contributed by atoms with van der Waals surface area (Å²) in [5.74, 6) is -2.38. The molecule has 6 nitrogen and oxygen atoms in total. The Morgan fingerprint density at radius 1 is 1.19 bits per heavy atom. The number of carbonyl (C=O) groups is 1. The number of amides is 1. The van der Waals surface area contributed by atoms with Crippen LogP contribution in [0.4, 0.5) is 33.3 Å². The lowest BCUT2D eigenvalue weighted by atomic mass is 10.1. The van der Waals surface area contributed by atoms with E-state index in [-0.39, 0.29) is 32.9 Å². The van der Waals surface area contributed by atoms with Crippen LogP contribution in [0.1, 0.15) is 5.56 Å². The fraction of sp³-hybridized carbons (Fsp3) is 0.250. The lowest BCUT2D eigenvalue weighted by Gasteiger charge is -2.38. The third kappa shape index (κ3) is 4.18. The van der Waals surface area contributed by atoms with Gasteiger partial charge in [0.15, 0.2) is 5.65 Å². The Morgan fingerprint density at radius 3 is 2.50 bits per heavy atom. The molecule has 0 bridgehead atoms. The Kier molecular flexibility index (Phi) is 5.65. The highest BCUT2D eigenvalue weighted by Gasteiger charge is 2.39. The van der Waals surface area contributed by atoms with Crippen LogP contribution in [-0.4, -0.2) is 42.3 Å². The van der Waals surface area contributed by atoms with Gasteiger partial charge in [-0.05, 0) is 18.2 Å². The number of aromatic nitrogens is 2. The molecule has 1 aliphatic heterocycles. The lowest BCUT2D eigenvalue weighted by Crippen LogP contribution is -2.49. The molecule has 0 spiro atoms. The fourth-order valence-corrected chi connectivity index (χ4v) is 3.94. The molecule has 3 heterocycles. The van der Waals surface area contributed by atoms with Gasteiger partial charge in [0.1, 0.15) is 18.2 Å². The summed E-state index contributed by atoms with van der Waals surface area (Å²) < 4.78 is 73.6. The Hall–Kier alpha value is -3.02. The monoisotopic (exact) mass is 516 g/mol. The molecule has 0 saturated carbocycles. The Balaban J connectivity index is 1.89. The van der Waals surface area contributed by atoms with Crippen molar-refractivity contribution in [2.45, 2.75) is 12.7 Å². The van der Waals surface area contributed by atoms with E-state index in [9.17, 15) is 26.7 Å². The number of fused-ring (bicyclic) bond motifs is 3. The van der Waals surface area contributed by atoms with Gasteiger partial charge in [0, 0.05) is 28.0 Å². The van der Waals surface area contributed by atoms with E-state index in [4.69, 9.17) is 4.74 Å². The molecule has 0 fully saturated rings. The van der Waals surface area contributed by atoms with E-state index in [1.54, 1.807) is 0 Å². The van der Waals surface area contributed by atoms with Crippen LogP contribution in [0.15, 0.2) is 34.9 Å². The minimum Gasteiger partial charge on any atom is -0.481 e. The van der Waals surface area contributed by atoms with Gasteiger partial charge >= 0.3 is 6.18 Å². The number of methoxy groups -OCH3 is 1. The Morgan fingerprint density at radius 2 is 1.88 bits per heavy atom. The number of rotatable bonds is 4. The van der Waals surface area contributed by atoms with Gasteiger partial charge in [-0.1, -0.05) is 15.9 Å². The van der Waals surface area contributed by atoms with Crippen molar-refractivity contribution >= 4 is 44.2 Å². The predicted octanol–water partition coefficient (Wildman–Crippen LogP) is 4.59. The normalized spacial score (nSPS) is 14.2. The zero-order valence-electron chi connectivity index (χ0n) is 16.4. The molecular formula is C20H14BrF5N4O2. The first-order valence-electron chi connectivity index (χ1n) is 9.16. The molecular weight excluding hydrogens is 503 g/mol. The number of halogens is 6. The smallest absolute Gasteiger partial charge is 0.406 e. The maximum atomic E-state index is 14.5. The van der Waals surface area contributed by atoms with E-state index in [0.717, 1.165) is 18.3 Å². The largest absolute Gasteiger partial charge is 0.481 e. The van der Waals surface area contributed by atoms with Crippen LogP contribution in [0.2, 0.25) is 0 Å². The van der Waals surface area contributed by atoms with Crippen LogP contribution in [0.3, 0.4) is 0 Å². The molecule has 0 atom stereocenters. The first kappa shape index (κ1) is 22.2. The minimum absolute atomic E-state index is 0.129. The molecule has 12 heteroatoms. The number of ether oxygens (including phenoxy) is 1.